The maximum atomic E-state index is 14.8. The van der Waals surface area contributed by atoms with E-state index in [-0.39, 0.29) is 23.6 Å². The number of carboxylic acid groups (broad SMARTS) is 2. The van der Waals surface area contributed by atoms with E-state index in [9.17, 15) is 18.4 Å². The van der Waals surface area contributed by atoms with Crippen LogP contribution in [0.15, 0.2) is 48.9 Å². The third-order valence-electron chi connectivity index (χ3n) is 7.49. The monoisotopic (exact) mass is 670 g/mol. The molecule has 0 aliphatic heterocycles. The Kier molecular flexibility index (Phi) is 13.7. The van der Waals surface area contributed by atoms with Crippen molar-refractivity contribution in [2.45, 2.75) is 26.2 Å². The second kappa shape index (κ2) is 17.7. The SMILES string of the molecule is CCc1cc(Nc2nccn3c(-c4ccc(OC)c(F)c4F)cnc23)ccc1C(=O)NCCOCC[N+](C)(C)CCCC(=O)O.O=C[O-]. The molecule has 0 aliphatic rings. The van der Waals surface area contributed by atoms with Gasteiger partial charge in [0, 0.05) is 48.6 Å². The summed E-state index contributed by atoms with van der Waals surface area (Å²) in [6.45, 7) is 4.15. The number of benzene rings is 2. The molecule has 3 N–H and O–H groups in total. The van der Waals surface area contributed by atoms with E-state index >= 15 is 0 Å². The van der Waals surface area contributed by atoms with Crippen LogP contribution in [0.4, 0.5) is 20.3 Å². The van der Waals surface area contributed by atoms with Crippen LogP contribution in [0.3, 0.4) is 0 Å². The average molecular weight is 671 g/mol. The first kappa shape index (κ1) is 37.3. The van der Waals surface area contributed by atoms with E-state index < -0.39 is 24.1 Å². The van der Waals surface area contributed by atoms with Crippen LogP contribution in [0.1, 0.15) is 35.7 Å². The fraction of sp³-hybridized carbons (Fsp3) is 0.364. The molecule has 0 fully saturated rings. The number of amides is 1. The molecule has 0 saturated carbocycles. The molecule has 4 aromatic rings. The van der Waals surface area contributed by atoms with Crippen molar-refractivity contribution in [1.29, 1.82) is 0 Å². The van der Waals surface area contributed by atoms with Crippen LogP contribution < -0.4 is 20.5 Å². The second-order valence-electron chi connectivity index (χ2n) is 11.3. The highest BCUT2D eigenvalue weighted by molar-refractivity contribution is 5.96. The molecule has 2 heterocycles. The van der Waals surface area contributed by atoms with Crippen molar-refractivity contribution in [3.05, 3.63) is 71.7 Å². The largest absolute Gasteiger partial charge is 0.554 e. The lowest BCUT2D eigenvalue weighted by molar-refractivity contribution is -0.890. The van der Waals surface area contributed by atoms with E-state index in [1.165, 1.54) is 31.6 Å². The lowest BCUT2D eigenvalue weighted by atomic mass is 10.0. The number of carboxylic acids is 1. The number of rotatable bonds is 16. The Balaban J connectivity index is 0.00000201. The number of fused-ring (bicyclic) bond motifs is 1. The number of nitrogens with zero attached hydrogens (tertiary/aromatic N) is 4. The third kappa shape index (κ3) is 9.92. The van der Waals surface area contributed by atoms with Crippen LogP contribution in [0.25, 0.3) is 16.9 Å². The highest BCUT2D eigenvalue weighted by Crippen LogP contribution is 2.31. The van der Waals surface area contributed by atoms with Crippen LogP contribution in [0.2, 0.25) is 0 Å². The summed E-state index contributed by atoms with van der Waals surface area (Å²) < 4.78 is 42.1. The van der Waals surface area contributed by atoms with Gasteiger partial charge in [0.15, 0.2) is 23.0 Å². The summed E-state index contributed by atoms with van der Waals surface area (Å²) >= 11 is 0. The van der Waals surface area contributed by atoms with Gasteiger partial charge < -0.3 is 39.6 Å². The summed E-state index contributed by atoms with van der Waals surface area (Å²) in [6.07, 6.45) is 5.96. The van der Waals surface area contributed by atoms with Crippen LogP contribution in [0.5, 0.6) is 5.75 Å². The average Bonchev–Trinajstić information content (AvgIpc) is 3.48. The topological polar surface area (TPSA) is 167 Å². The molecule has 1 amide bonds. The molecule has 0 bridgehead atoms. The van der Waals surface area contributed by atoms with Crippen molar-refractivity contribution in [2.24, 2.45) is 0 Å². The van der Waals surface area contributed by atoms with Crippen LogP contribution in [0, 0.1) is 11.6 Å². The summed E-state index contributed by atoms with van der Waals surface area (Å²) in [6, 6.07) is 8.16. The van der Waals surface area contributed by atoms with Gasteiger partial charge in [-0.3, -0.25) is 14.0 Å². The summed E-state index contributed by atoms with van der Waals surface area (Å²) in [7, 11) is 5.34. The minimum absolute atomic E-state index is 0.0305. The number of nitrogens with one attached hydrogen (secondary N) is 2. The van der Waals surface area contributed by atoms with Gasteiger partial charge in [0.25, 0.3) is 5.91 Å². The summed E-state index contributed by atoms with van der Waals surface area (Å²) in [4.78, 5) is 40.7. The number of methoxy groups -OCH3 is 1. The summed E-state index contributed by atoms with van der Waals surface area (Å²) in [5.41, 5.74) is 2.84. The van der Waals surface area contributed by atoms with Crippen LogP contribution in [-0.4, -0.2) is 96.4 Å². The number of hydrogen-bond donors (Lipinski definition) is 3. The highest BCUT2D eigenvalue weighted by atomic mass is 19.2. The molecule has 2 aromatic carbocycles. The summed E-state index contributed by atoms with van der Waals surface area (Å²) in [5, 5.41) is 23.2. The van der Waals surface area contributed by atoms with Gasteiger partial charge in [0.05, 0.1) is 59.3 Å². The first-order chi connectivity index (χ1) is 23.0. The molecule has 0 unspecified atom stereocenters. The van der Waals surface area contributed by atoms with Gasteiger partial charge in [-0.05, 0) is 42.3 Å². The first-order valence-corrected chi connectivity index (χ1v) is 15.2. The van der Waals surface area contributed by atoms with Crippen molar-refractivity contribution in [2.75, 3.05) is 59.4 Å². The number of carbonyl (C=O) groups excluding carboxylic acids is 2. The van der Waals surface area contributed by atoms with Crippen molar-refractivity contribution in [3.8, 4) is 17.0 Å². The molecular weight excluding hydrogens is 630 g/mol. The number of carbonyl (C=O) groups is 3. The van der Waals surface area contributed by atoms with Crippen molar-refractivity contribution in [1.82, 2.24) is 19.7 Å². The van der Waals surface area contributed by atoms with E-state index in [0.29, 0.717) is 65.5 Å². The molecule has 258 valence electrons. The Bertz CT molecular complexity index is 1710. The van der Waals surface area contributed by atoms with Gasteiger partial charge in [-0.2, -0.15) is 4.39 Å². The van der Waals surface area contributed by atoms with E-state index in [4.69, 9.17) is 24.5 Å². The molecule has 0 radical (unpaired) electrons. The lowest BCUT2D eigenvalue weighted by Gasteiger charge is -2.29. The van der Waals surface area contributed by atoms with E-state index in [2.05, 4.69) is 20.6 Å². The Hall–Kier alpha value is -5.15. The minimum Gasteiger partial charge on any atom is -0.554 e. The van der Waals surface area contributed by atoms with Gasteiger partial charge in [0.1, 0.15) is 6.54 Å². The molecule has 2 aromatic heterocycles. The predicted molar refractivity (Wildman–Crippen MR) is 172 cm³/mol. The fourth-order valence-electron chi connectivity index (χ4n) is 4.93. The zero-order chi connectivity index (χ0) is 35.3. The molecule has 0 aliphatic carbocycles. The molecule has 0 spiro atoms. The lowest BCUT2D eigenvalue weighted by Crippen LogP contribution is -2.43. The molecule has 0 atom stereocenters. The highest BCUT2D eigenvalue weighted by Gasteiger charge is 2.20. The number of anilines is 2. The Morgan fingerprint density at radius 3 is 2.54 bits per heavy atom. The minimum atomic E-state index is -1.08. The zero-order valence-corrected chi connectivity index (χ0v) is 27.3. The third-order valence-corrected chi connectivity index (χ3v) is 7.49. The number of quaternary nitrogens is 1. The number of aromatic nitrogens is 3. The van der Waals surface area contributed by atoms with Crippen LogP contribution in [-0.2, 0) is 20.7 Å². The molecule has 48 heavy (non-hydrogen) atoms. The van der Waals surface area contributed by atoms with Gasteiger partial charge in [-0.25, -0.2) is 14.4 Å². The van der Waals surface area contributed by atoms with Crippen molar-refractivity contribution >= 4 is 35.5 Å². The van der Waals surface area contributed by atoms with Gasteiger partial charge in [0.2, 0.25) is 5.82 Å². The van der Waals surface area contributed by atoms with Gasteiger partial charge >= 0.3 is 5.97 Å². The number of hydrogen-bond acceptors (Lipinski definition) is 9. The molecular formula is C33H40F2N6O7. The second-order valence-corrected chi connectivity index (χ2v) is 11.3. The number of ether oxygens (including phenoxy) is 2. The number of likely N-dealkylation sites (N-methyl/N-ethyl adjacent to an activating group) is 1. The molecule has 13 nitrogen and oxygen atoms in total. The number of halogens is 2. The normalized spacial score (nSPS) is 11.0. The first-order valence-electron chi connectivity index (χ1n) is 15.2. The maximum Gasteiger partial charge on any atom is 0.303 e. The fourth-order valence-corrected chi connectivity index (χ4v) is 4.93. The molecule has 4 rings (SSSR count). The van der Waals surface area contributed by atoms with Gasteiger partial charge in [-0.1, -0.05) is 6.92 Å². The Morgan fingerprint density at radius 1 is 1.10 bits per heavy atom. The van der Waals surface area contributed by atoms with E-state index in [1.54, 1.807) is 22.7 Å². The zero-order valence-electron chi connectivity index (χ0n) is 27.3. The maximum absolute atomic E-state index is 14.8. The quantitative estimate of drug-likeness (QED) is 0.0916. The van der Waals surface area contributed by atoms with E-state index in [0.717, 1.165) is 18.7 Å². The van der Waals surface area contributed by atoms with Crippen molar-refractivity contribution in [3.63, 3.8) is 0 Å². The van der Waals surface area contributed by atoms with Crippen LogP contribution >= 0.6 is 0 Å². The van der Waals surface area contributed by atoms with Crippen molar-refractivity contribution < 1.29 is 47.3 Å². The number of aryl methyl sites for hydroxylation is 1. The smallest absolute Gasteiger partial charge is 0.303 e. The van der Waals surface area contributed by atoms with E-state index in [1.807, 2.05) is 27.1 Å². The Labute approximate surface area is 276 Å². The molecule has 15 heteroatoms. The predicted octanol–water partition coefficient (Wildman–Crippen LogP) is 3.04. The standard InChI is InChI=1S/C32H38F2N6O5.CH2O2/c1-5-21-19-22(8-9-23(21)32(43)36-13-17-45-18-16-40(2,3)15-6-7-27(41)42)38-30-31-37-20-25(39(31)14-12-35-30)24-10-11-26(44-4)29(34)28(24)33;2-1-3/h8-12,14,19-20H,5-7,13,15-18H2,1-4H3,(H2-,35,36,38,41,42,43);1H,(H,2,3). The summed E-state index contributed by atoms with van der Waals surface area (Å²) in [5.74, 6) is -2.90. The Morgan fingerprint density at radius 2 is 1.85 bits per heavy atom. The van der Waals surface area contributed by atoms with Gasteiger partial charge in [-0.15, -0.1) is 0 Å². The number of imidazole rings is 1. The molecule has 0 saturated heterocycles. The number of aliphatic carboxylic acids is 1.